The fourth-order valence-electron chi connectivity index (χ4n) is 3.12. The van der Waals surface area contributed by atoms with Gasteiger partial charge in [0, 0.05) is 30.5 Å². The molecule has 2 rings (SSSR count). The van der Waals surface area contributed by atoms with Crippen LogP contribution in [0.15, 0.2) is 30.3 Å². The highest BCUT2D eigenvalue weighted by Gasteiger charge is 2.35. The van der Waals surface area contributed by atoms with Crippen LogP contribution in [0.2, 0.25) is 0 Å². The van der Waals surface area contributed by atoms with Crippen molar-refractivity contribution in [2.75, 3.05) is 0 Å². The van der Waals surface area contributed by atoms with Gasteiger partial charge in [0.1, 0.15) is 11.2 Å². The van der Waals surface area contributed by atoms with Crippen molar-refractivity contribution in [3.05, 3.63) is 35.9 Å². The quantitative estimate of drug-likeness (QED) is 0.564. The maximum atomic E-state index is 11.9. The number of hydrogen-bond acceptors (Lipinski definition) is 6. The van der Waals surface area contributed by atoms with Gasteiger partial charge in [-0.15, -0.1) is 0 Å². The smallest absolute Gasteiger partial charge is 0.417 e. The lowest BCUT2D eigenvalue weighted by Crippen LogP contribution is -2.41. The van der Waals surface area contributed by atoms with Crippen LogP contribution in [0, 0.1) is 0 Å². The number of nitrogens with zero attached hydrogens (tertiary/aromatic N) is 1. The minimum Gasteiger partial charge on any atom is -0.444 e. The van der Waals surface area contributed by atoms with Gasteiger partial charge in [0.05, 0.1) is 0 Å². The topological polar surface area (TPSA) is 102 Å². The van der Waals surface area contributed by atoms with E-state index in [4.69, 9.17) is 9.47 Å². The standard InChI is InChI=1S/C16H23NO3.C10H17NO3/c1-12(17-15(19)20-16(2,3)4)10-11-14(18)13-8-6-5-7-9-13;1-7-5-6-8(12)11(7)9(13)14-10(2,3)4/h5-9,12H,10-11H2,1-4H3,(H,17,19);7H,5-6H2,1-4H3. The predicted molar refractivity (Wildman–Crippen MR) is 131 cm³/mol. The molecule has 0 aliphatic carbocycles. The lowest BCUT2D eigenvalue weighted by molar-refractivity contribution is -0.127. The molecule has 2 atom stereocenters. The van der Waals surface area contributed by atoms with E-state index in [1.807, 2.05) is 52.8 Å². The predicted octanol–water partition coefficient (Wildman–Crippen LogP) is 5.50. The molecule has 1 fully saturated rings. The number of carbonyl (C=O) groups excluding carboxylic acids is 4. The van der Waals surface area contributed by atoms with Gasteiger partial charge >= 0.3 is 12.2 Å². The Kier molecular flexibility index (Phi) is 10.7. The Balaban J connectivity index is 0.000000362. The third kappa shape index (κ3) is 11.3. The van der Waals surface area contributed by atoms with Gasteiger partial charge < -0.3 is 14.8 Å². The van der Waals surface area contributed by atoms with Crippen molar-refractivity contribution in [2.45, 2.75) is 104 Å². The molecule has 8 heteroatoms. The summed E-state index contributed by atoms with van der Waals surface area (Å²) >= 11 is 0. The molecule has 1 heterocycles. The van der Waals surface area contributed by atoms with Crippen LogP contribution in [-0.4, -0.2) is 52.1 Å². The first-order chi connectivity index (χ1) is 15.6. The fraction of sp³-hybridized carbons (Fsp3) is 0.615. The van der Waals surface area contributed by atoms with Crippen LogP contribution in [0.3, 0.4) is 0 Å². The number of carbonyl (C=O) groups is 4. The number of hydrogen-bond donors (Lipinski definition) is 1. The fourth-order valence-corrected chi connectivity index (χ4v) is 3.12. The van der Waals surface area contributed by atoms with Gasteiger partial charge in [-0.25, -0.2) is 14.5 Å². The minimum atomic E-state index is -0.542. The van der Waals surface area contributed by atoms with Crippen molar-refractivity contribution >= 4 is 23.9 Å². The first-order valence-electron chi connectivity index (χ1n) is 11.7. The summed E-state index contributed by atoms with van der Waals surface area (Å²) in [5.41, 5.74) is -0.347. The van der Waals surface area contributed by atoms with E-state index in [0.29, 0.717) is 24.8 Å². The summed E-state index contributed by atoms with van der Waals surface area (Å²) in [7, 11) is 0. The maximum absolute atomic E-state index is 11.9. The summed E-state index contributed by atoms with van der Waals surface area (Å²) in [6, 6.07) is 9.03. The summed E-state index contributed by atoms with van der Waals surface area (Å²) < 4.78 is 10.3. The number of amides is 3. The maximum Gasteiger partial charge on any atom is 0.417 e. The minimum absolute atomic E-state index is 0.0302. The van der Waals surface area contributed by atoms with E-state index < -0.39 is 23.4 Å². The van der Waals surface area contributed by atoms with E-state index in [1.54, 1.807) is 32.9 Å². The van der Waals surface area contributed by atoms with Crippen molar-refractivity contribution in [3.63, 3.8) is 0 Å². The van der Waals surface area contributed by atoms with Gasteiger partial charge in [-0.05, 0) is 68.2 Å². The molecular formula is C26H40N2O6. The van der Waals surface area contributed by atoms with Crippen LogP contribution in [0.25, 0.3) is 0 Å². The molecule has 0 aromatic heterocycles. The lowest BCUT2D eigenvalue weighted by atomic mass is 10.0. The normalized spacial score (nSPS) is 16.8. The average molecular weight is 477 g/mol. The number of ketones is 1. The average Bonchev–Trinajstić information content (AvgIpc) is 3.02. The highest BCUT2D eigenvalue weighted by Crippen LogP contribution is 2.21. The molecule has 0 bridgehead atoms. The Morgan fingerprint density at radius 1 is 1.03 bits per heavy atom. The molecule has 190 valence electrons. The molecule has 1 aromatic rings. The molecule has 1 aromatic carbocycles. The number of rotatable bonds is 5. The van der Waals surface area contributed by atoms with E-state index in [2.05, 4.69) is 5.32 Å². The zero-order chi connectivity index (χ0) is 26.1. The molecular weight excluding hydrogens is 436 g/mol. The lowest BCUT2D eigenvalue weighted by Gasteiger charge is -2.25. The van der Waals surface area contributed by atoms with Crippen LogP contribution in [0.1, 0.15) is 91.4 Å². The molecule has 2 unspecified atom stereocenters. The van der Waals surface area contributed by atoms with Crippen molar-refractivity contribution in [2.24, 2.45) is 0 Å². The van der Waals surface area contributed by atoms with Gasteiger partial charge in [-0.1, -0.05) is 30.3 Å². The zero-order valence-corrected chi connectivity index (χ0v) is 21.8. The highest BCUT2D eigenvalue weighted by atomic mass is 16.6. The molecule has 0 saturated carbocycles. The SMILES string of the molecule is CC(CCC(=O)c1ccccc1)NC(=O)OC(C)(C)C.CC1CCC(=O)N1C(=O)OC(C)(C)C. The zero-order valence-electron chi connectivity index (χ0n) is 21.8. The second-order valence-corrected chi connectivity index (χ2v) is 10.5. The summed E-state index contributed by atoms with van der Waals surface area (Å²) in [5, 5.41) is 2.73. The monoisotopic (exact) mass is 476 g/mol. The van der Waals surface area contributed by atoms with Crippen molar-refractivity contribution in [3.8, 4) is 0 Å². The van der Waals surface area contributed by atoms with Crippen molar-refractivity contribution in [1.29, 1.82) is 0 Å². The number of Topliss-reactive ketones (excluding diaryl/α,β-unsaturated/α-hetero) is 1. The van der Waals surface area contributed by atoms with Gasteiger partial charge in [0.15, 0.2) is 5.78 Å². The number of nitrogens with one attached hydrogen (secondary N) is 1. The van der Waals surface area contributed by atoms with Gasteiger partial charge in [0.2, 0.25) is 5.91 Å². The third-order valence-electron chi connectivity index (χ3n) is 4.74. The summed E-state index contributed by atoms with van der Waals surface area (Å²) in [4.78, 5) is 47.6. The van der Waals surface area contributed by atoms with Crippen molar-refractivity contribution < 1.29 is 28.7 Å². The Morgan fingerprint density at radius 2 is 1.59 bits per heavy atom. The Morgan fingerprint density at radius 3 is 2.06 bits per heavy atom. The molecule has 1 saturated heterocycles. The second-order valence-electron chi connectivity index (χ2n) is 10.5. The first-order valence-corrected chi connectivity index (χ1v) is 11.7. The van der Waals surface area contributed by atoms with Gasteiger partial charge in [-0.2, -0.15) is 0 Å². The molecule has 1 aliphatic heterocycles. The van der Waals surface area contributed by atoms with E-state index in [1.165, 1.54) is 4.90 Å². The third-order valence-corrected chi connectivity index (χ3v) is 4.74. The summed E-state index contributed by atoms with van der Waals surface area (Å²) in [6.45, 7) is 14.5. The van der Waals surface area contributed by atoms with Gasteiger partial charge in [-0.3, -0.25) is 9.59 Å². The molecule has 1 N–H and O–H groups in total. The van der Waals surface area contributed by atoms with E-state index in [9.17, 15) is 19.2 Å². The largest absolute Gasteiger partial charge is 0.444 e. The summed E-state index contributed by atoms with van der Waals surface area (Å²) in [6.07, 6.45) is 1.21. The van der Waals surface area contributed by atoms with Crippen LogP contribution in [0.4, 0.5) is 9.59 Å². The van der Waals surface area contributed by atoms with E-state index in [-0.39, 0.29) is 23.8 Å². The van der Waals surface area contributed by atoms with Gasteiger partial charge in [0.25, 0.3) is 0 Å². The number of imide groups is 1. The van der Waals surface area contributed by atoms with Crippen molar-refractivity contribution in [1.82, 2.24) is 10.2 Å². The highest BCUT2D eigenvalue weighted by molar-refractivity contribution is 5.96. The molecule has 0 spiro atoms. The first kappa shape index (κ1) is 29.1. The van der Waals surface area contributed by atoms with E-state index >= 15 is 0 Å². The van der Waals surface area contributed by atoms with Crippen LogP contribution in [0.5, 0.6) is 0 Å². The van der Waals surface area contributed by atoms with Crippen LogP contribution in [-0.2, 0) is 14.3 Å². The Bertz CT molecular complexity index is 839. The van der Waals surface area contributed by atoms with Crippen LogP contribution < -0.4 is 5.32 Å². The molecule has 0 radical (unpaired) electrons. The molecule has 34 heavy (non-hydrogen) atoms. The van der Waals surface area contributed by atoms with Crippen LogP contribution >= 0.6 is 0 Å². The molecule has 8 nitrogen and oxygen atoms in total. The Hall–Kier alpha value is -2.90. The summed E-state index contributed by atoms with van der Waals surface area (Å²) in [5.74, 6) is -0.0461. The number of benzene rings is 1. The second kappa shape index (κ2) is 12.5. The number of likely N-dealkylation sites (tertiary alicyclic amines) is 1. The molecule has 1 aliphatic rings. The Labute approximate surface area is 203 Å². The number of ether oxygens (including phenoxy) is 2. The number of alkyl carbamates (subject to hydrolysis) is 1. The van der Waals surface area contributed by atoms with E-state index in [0.717, 1.165) is 6.42 Å². The molecule has 3 amide bonds.